The van der Waals surface area contributed by atoms with Crippen molar-refractivity contribution in [1.29, 1.82) is 0 Å². The normalized spacial score (nSPS) is 18.6. The molecule has 1 fully saturated rings. The lowest BCUT2D eigenvalue weighted by Gasteiger charge is -2.31. The van der Waals surface area contributed by atoms with E-state index in [1.807, 2.05) is 24.3 Å². The van der Waals surface area contributed by atoms with Gasteiger partial charge in [-0.05, 0) is 25.0 Å². The smallest absolute Gasteiger partial charge is 0.281 e. The zero-order chi connectivity index (χ0) is 15.0. The first kappa shape index (κ1) is 14.5. The Bertz CT molecular complexity index is 697. The molecule has 0 atom stereocenters. The van der Waals surface area contributed by atoms with Gasteiger partial charge in [0.1, 0.15) is 5.82 Å². The molecule has 1 aliphatic heterocycles. The molecule has 1 saturated heterocycles. The van der Waals surface area contributed by atoms with Gasteiger partial charge in [-0.25, -0.2) is 4.98 Å². The van der Waals surface area contributed by atoms with Crippen molar-refractivity contribution in [2.45, 2.75) is 18.8 Å². The number of fused-ring (bicyclic) bond motifs is 1. The third-order valence-electron chi connectivity index (χ3n) is 4.04. The van der Waals surface area contributed by atoms with Gasteiger partial charge in [0, 0.05) is 33.1 Å². The summed E-state index contributed by atoms with van der Waals surface area (Å²) in [5.74, 6) is 1.27. The number of hydrogen-bond donors (Lipinski definition) is 1. The molecule has 1 N–H and O–H groups in total. The monoisotopic (exact) mass is 308 g/mol. The molecule has 7 heteroatoms. The molecule has 1 aromatic carbocycles. The molecule has 2 heterocycles. The summed E-state index contributed by atoms with van der Waals surface area (Å²) in [6.07, 6.45) is 1.60. The molecule has 0 radical (unpaired) electrons. The maximum Gasteiger partial charge on any atom is 0.281 e. The number of imidazole rings is 1. The number of nitrogens with zero attached hydrogens (tertiary/aromatic N) is 3. The molecule has 114 valence electrons. The quantitative estimate of drug-likeness (QED) is 0.935. The molecule has 3 rings (SSSR count). The van der Waals surface area contributed by atoms with Gasteiger partial charge in [-0.2, -0.15) is 17.0 Å². The minimum absolute atomic E-state index is 0.297. The molecule has 0 bridgehead atoms. The second-order valence-electron chi connectivity index (χ2n) is 5.60. The molecule has 1 aliphatic rings. The first-order valence-corrected chi connectivity index (χ1v) is 8.50. The highest BCUT2D eigenvalue weighted by Gasteiger charge is 2.31. The molecule has 2 aromatic rings. The summed E-state index contributed by atoms with van der Waals surface area (Å²) >= 11 is 0. The minimum Gasteiger partial charge on any atom is -0.342 e. The number of nitrogens with one attached hydrogen (secondary N) is 1. The van der Waals surface area contributed by atoms with Gasteiger partial charge < -0.3 is 4.98 Å². The van der Waals surface area contributed by atoms with E-state index in [1.54, 1.807) is 18.4 Å². The van der Waals surface area contributed by atoms with E-state index in [9.17, 15) is 8.42 Å². The van der Waals surface area contributed by atoms with Crippen molar-refractivity contribution in [3.63, 3.8) is 0 Å². The van der Waals surface area contributed by atoms with Gasteiger partial charge in [0.25, 0.3) is 10.2 Å². The van der Waals surface area contributed by atoms with Crippen LogP contribution >= 0.6 is 0 Å². The van der Waals surface area contributed by atoms with Crippen molar-refractivity contribution in [2.24, 2.45) is 0 Å². The molecule has 6 nitrogen and oxygen atoms in total. The summed E-state index contributed by atoms with van der Waals surface area (Å²) in [6, 6.07) is 7.95. The molecule has 0 unspecified atom stereocenters. The number of aromatic nitrogens is 2. The first-order chi connectivity index (χ1) is 9.98. The van der Waals surface area contributed by atoms with E-state index in [0.29, 0.717) is 19.0 Å². The Labute approximate surface area is 125 Å². The lowest BCUT2D eigenvalue weighted by molar-refractivity contribution is 0.298. The summed E-state index contributed by atoms with van der Waals surface area (Å²) in [6.45, 7) is 1.09. The van der Waals surface area contributed by atoms with Crippen molar-refractivity contribution in [2.75, 3.05) is 27.2 Å². The zero-order valence-corrected chi connectivity index (χ0v) is 13.1. The fourth-order valence-corrected chi connectivity index (χ4v) is 3.89. The largest absolute Gasteiger partial charge is 0.342 e. The van der Waals surface area contributed by atoms with Crippen LogP contribution in [0.5, 0.6) is 0 Å². The van der Waals surface area contributed by atoms with Crippen molar-refractivity contribution in [3.8, 4) is 0 Å². The Balaban J connectivity index is 1.74. The van der Waals surface area contributed by atoms with E-state index >= 15 is 0 Å². The second-order valence-corrected chi connectivity index (χ2v) is 7.75. The molecular formula is C14H20N4O2S. The van der Waals surface area contributed by atoms with Crippen LogP contribution in [-0.4, -0.2) is 54.2 Å². The summed E-state index contributed by atoms with van der Waals surface area (Å²) < 4.78 is 27.0. The highest BCUT2D eigenvalue weighted by atomic mass is 32.2. The van der Waals surface area contributed by atoms with Gasteiger partial charge >= 0.3 is 0 Å². The Morgan fingerprint density at radius 1 is 1.24 bits per heavy atom. The van der Waals surface area contributed by atoms with Gasteiger partial charge in [0.05, 0.1) is 11.0 Å². The Morgan fingerprint density at radius 3 is 2.52 bits per heavy atom. The SMILES string of the molecule is CN(C)S(=O)(=O)N1CCC(c2nc3ccccc3[nH]2)CC1. The average Bonchev–Trinajstić information content (AvgIpc) is 2.91. The number of H-pyrrole nitrogens is 1. The van der Waals surface area contributed by atoms with Crippen molar-refractivity contribution < 1.29 is 8.42 Å². The molecular weight excluding hydrogens is 288 g/mol. The number of aromatic amines is 1. The van der Waals surface area contributed by atoms with Crippen molar-refractivity contribution in [3.05, 3.63) is 30.1 Å². The molecule has 0 spiro atoms. The van der Waals surface area contributed by atoms with Gasteiger partial charge in [-0.15, -0.1) is 0 Å². The lowest BCUT2D eigenvalue weighted by Crippen LogP contribution is -2.44. The number of piperidine rings is 1. The summed E-state index contributed by atoms with van der Waals surface area (Å²) in [4.78, 5) is 7.98. The zero-order valence-electron chi connectivity index (χ0n) is 12.3. The molecule has 0 amide bonds. The third kappa shape index (κ3) is 2.68. The van der Waals surface area contributed by atoms with E-state index in [4.69, 9.17) is 0 Å². The first-order valence-electron chi connectivity index (χ1n) is 7.11. The van der Waals surface area contributed by atoms with E-state index in [2.05, 4.69) is 9.97 Å². The summed E-state index contributed by atoms with van der Waals surface area (Å²) in [5.41, 5.74) is 2.01. The highest BCUT2D eigenvalue weighted by molar-refractivity contribution is 7.86. The van der Waals surface area contributed by atoms with Gasteiger partial charge in [0.2, 0.25) is 0 Å². The van der Waals surface area contributed by atoms with E-state index in [1.165, 1.54) is 4.31 Å². The van der Waals surface area contributed by atoms with E-state index in [0.717, 1.165) is 29.7 Å². The Hall–Kier alpha value is -1.44. The van der Waals surface area contributed by atoms with Crippen LogP contribution in [0.25, 0.3) is 11.0 Å². The van der Waals surface area contributed by atoms with Crippen LogP contribution in [0.4, 0.5) is 0 Å². The minimum atomic E-state index is -3.29. The molecule has 1 aromatic heterocycles. The van der Waals surface area contributed by atoms with Crippen LogP contribution in [0.2, 0.25) is 0 Å². The Kier molecular flexibility index (Phi) is 3.73. The van der Waals surface area contributed by atoms with Gasteiger partial charge in [-0.3, -0.25) is 0 Å². The van der Waals surface area contributed by atoms with Gasteiger partial charge in [0.15, 0.2) is 0 Å². The number of para-hydroxylation sites is 2. The maximum absolute atomic E-state index is 12.1. The van der Waals surface area contributed by atoms with E-state index in [-0.39, 0.29) is 0 Å². The fourth-order valence-electron chi connectivity index (χ4n) is 2.76. The third-order valence-corrected chi connectivity index (χ3v) is 5.98. The van der Waals surface area contributed by atoms with Crippen LogP contribution in [-0.2, 0) is 10.2 Å². The van der Waals surface area contributed by atoms with Crippen LogP contribution in [0, 0.1) is 0 Å². The molecule has 0 saturated carbocycles. The maximum atomic E-state index is 12.1. The highest BCUT2D eigenvalue weighted by Crippen LogP contribution is 2.29. The lowest BCUT2D eigenvalue weighted by atomic mass is 9.97. The fraction of sp³-hybridized carbons (Fsp3) is 0.500. The predicted molar refractivity (Wildman–Crippen MR) is 82.2 cm³/mol. The molecule has 21 heavy (non-hydrogen) atoms. The summed E-state index contributed by atoms with van der Waals surface area (Å²) in [7, 11) is -0.154. The van der Waals surface area contributed by atoms with Crippen LogP contribution in [0.3, 0.4) is 0 Å². The summed E-state index contributed by atoms with van der Waals surface area (Å²) in [5, 5.41) is 0. The number of hydrogen-bond acceptors (Lipinski definition) is 3. The average molecular weight is 308 g/mol. The Morgan fingerprint density at radius 2 is 1.90 bits per heavy atom. The van der Waals surface area contributed by atoms with Crippen LogP contribution in [0.1, 0.15) is 24.6 Å². The molecule has 0 aliphatic carbocycles. The second kappa shape index (κ2) is 5.40. The van der Waals surface area contributed by atoms with Gasteiger partial charge in [-0.1, -0.05) is 12.1 Å². The topological polar surface area (TPSA) is 69.3 Å². The standard InChI is InChI=1S/C14H20N4O2S/c1-17(2)21(19,20)18-9-7-11(8-10-18)14-15-12-5-3-4-6-13(12)16-14/h3-6,11H,7-10H2,1-2H3,(H,15,16). The van der Waals surface area contributed by atoms with Crippen molar-refractivity contribution in [1.82, 2.24) is 18.6 Å². The van der Waals surface area contributed by atoms with E-state index < -0.39 is 10.2 Å². The van der Waals surface area contributed by atoms with Crippen LogP contribution < -0.4 is 0 Å². The van der Waals surface area contributed by atoms with Crippen LogP contribution in [0.15, 0.2) is 24.3 Å². The number of rotatable bonds is 3. The predicted octanol–water partition coefficient (Wildman–Crippen LogP) is 1.55. The number of benzene rings is 1. The van der Waals surface area contributed by atoms with Crippen molar-refractivity contribution >= 4 is 21.2 Å².